The SMILES string of the molecule is O=[N+]([O-])c1cccc(C=NNc2ccc3nncn3n2)c1. The Morgan fingerprint density at radius 2 is 2.24 bits per heavy atom. The van der Waals surface area contributed by atoms with Crippen LogP contribution in [0.1, 0.15) is 5.56 Å². The number of hydrogen-bond donors (Lipinski definition) is 1. The fraction of sp³-hybridized carbons (Fsp3) is 0. The van der Waals surface area contributed by atoms with Crippen LogP contribution in [0.3, 0.4) is 0 Å². The van der Waals surface area contributed by atoms with Crippen LogP contribution in [-0.4, -0.2) is 30.9 Å². The number of aromatic nitrogens is 4. The van der Waals surface area contributed by atoms with Crippen LogP contribution in [0.5, 0.6) is 0 Å². The van der Waals surface area contributed by atoms with Gasteiger partial charge in [0.25, 0.3) is 5.69 Å². The molecule has 0 fully saturated rings. The minimum absolute atomic E-state index is 0.0167. The van der Waals surface area contributed by atoms with E-state index in [9.17, 15) is 10.1 Å². The zero-order chi connectivity index (χ0) is 14.7. The van der Waals surface area contributed by atoms with Crippen LogP contribution >= 0.6 is 0 Å². The summed E-state index contributed by atoms with van der Waals surface area (Å²) >= 11 is 0. The molecule has 0 amide bonds. The summed E-state index contributed by atoms with van der Waals surface area (Å²) in [4.78, 5) is 10.2. The van der Waals surface area contributed by atoms with Gasteiger partial charge in [0.15, 0.2) is 11.5 Å². The fourth-order valence-corrected chi connectivity index (χ4v) is 1.68. The highest BCUT2D eigenvalue weighted by atomic mass is 16.6. The molecule has 0 unspecified atom stereocenters. The minimum Gasteiger partial charge on any atom is -0.260 e. The Hall–Kier alpha value is -3.36. The standard InChI is InChI=1S/C12H9N7O2/c20-19(21)10-3-1-2-9(6-10)7-13-15-11-4-5-12-16-14-8-18(12)17-11/h1-8H,(H,15,17). The van der Waals surface area contributed by atoms with Gasteiger partial charge in [-0.2, -0.15) is 9.62 Å². The average Bonchev–Trinajstić information content (AvgIpc) is 2.95. The summed E-state index contributed by atoms with van der Waals surface area (Å²) < 4.78 is 1.51. The summed E-state index contributed by atoms with van der Waals surface area (Å²) in [5.41, 5.74) is 3.99. The number of nitrogens with zero attached hydrogens (tertiary/aromatic N) is 6. The number of nitro benzene ring substituents is 1. The molecule has 1 aromatic carbocycles. The molecule has 0 aliphatic rings. The maximum Gasteiger partial charge on any atom is 0.270 e. The number of benzene rings is 1. The zero-order valence-corrected chi connectivity index (χ0v) is 10.6. The molecule has 0 saturated carbocycles. The normalized spacial score (nSPS) is 11.0. The Labute approximate surface area is 118 Å². The third-order valence-corrected chi connectivity index (χ3v) is 2.64. The number of anilines is 1. The van der Waals surface area contributed by atoms with Crippen LogP contribution in [0.2, 0.25) is 0 Å². The molecule has 0 saturated heterocycles. The Bertz CT molecular complexity index is 827. The van der Waals surface area contributed by atoms with E-state index in [1.54, 1.807) is 24.3 Å². The molecule has 9 nitrogen and oxygen atoms in total. The van der Waals surface area contributed by atoms with E-state index in [1.807, 2.05) is 0 Å². The van der Waals surface area contributed by atoms with E-state index in [1.165, 1.54) is 29.2 Å². The molecule has 0 spiro atoms. The molecule has 1 N–H and O–H groups in total. The van der Waals surface area contributed by atoms with Gasteiger partial charge in [-0.3, -0.25) is 15.5 Å². The maximum absolute atomic E-state index is 10.7. The van der Waals surface area contributed by atoms with Crippen molar-refractivity contribution in [3.63, 3.8) is 0 Å². The molecule has 3 rings (SSSR count). The molecular formula is C12H9N7O2. The van der Waals surface area contributed by atoms with Gasteiger partial charge in [-0.25, -0.2) is 0 Å². The predicted octanol–water partition coefficient (Wildman–Crippen LogP) is 1.48. The summed E-state index contributed by atoms with van der Waals surface area (Å²) in [6.07, 6.45) is 2.95. The van der Waals surface area contributed by atoms with Crippen molar-refractivity contribution in [2.75, 3.05) is 5.43 Å². The quantitative estimate of drug-likeness (QED) is 0.441. The lowest BCUT2D eigenvalue weighted by atomic mass is 10.2. The predicted molar refractivity (Wildman–Crippen MR) is 75.1 cm³/mol. The third-order valence-electron chi connectivity index (χ3n) is 2.64. The first kappa shape index (κ1) is 12.7. The van der Waals surface area contributed by atoms with Crippen LogP contribution in [0, 0.1) is 10.1 Å². The molecule has 9 heteroatoms. The maximum atomic E-state index is 10.7. The summed E-state index contributed by atoms with van der Waals surface area (Å²) in [6, 6.07) is 9.61. The summed E-state index contributed by atoms with van der Waals surface area (Å²) in [7, 11) is 0. The number of hydrazone groups is 1. The molecule has 0 radical (unpaired) electrons. The molecule has 0 atom stereocenters. The van der Waals surface area contributed by atoms with Gasteiger partial charge in [0.05, 0.1) is 11.1 Å². The van der Waals surface area contributed by atoms with E-state index in [0.717, 1.165) is 0 Å². The minimum atomic E-state index is -0.452. The van der Waals surface area contributed by atoms with Crippen molar-refractivity contribution in [2.45, 2.75) is 0 Å². The monoisotopic (exact) mass is 283 g/mol. The lowest BCUT2D eigenvalue weighted by Crippen LogP contribution is -1.98. The Morgan fingerprint density at radius 3 is 3.10 bits per heavy atom. The average molecular weight is 283 g/mol. The highest BCUT2D eigenvalue weighted by Crippen LogP contribution is 2.11. The lowest BCUT2D eigenvalue weighted by molar-refractivity contribution is -0.384. The Balaban J connectivity index is 1.74. The number of nitrogens with one attached hydrogen (secondary N) is 1. The van der Waals surface area contributed by atoms with Crippen LogP contribution in [0.25, 0.3) is 5.65 Å². The largest absolute Gasteiger partial charge is 0.270 e. The van der Waals surface area contributed by atoms with Crippen molar-refractivity contribution in [1.82, 2.24) is 19.8 Å². The lowest BCUT2D eigenvalue weighted by Gasteiger charge is -1.99. The molecule has 0 aliphatic heterocycles. The molecule has 104 valence electrons. The summed E-state index contributed by atoms with van der Waals surface area (Å²) in [6.45, 7) is 0. The van der Waals surface area contributed by atoms with Gasteiger partial charge in [0.1, 0.15) is 6.33 Å². The van der Waals surface area contributed by atoms with E-state index in [-0.39, 0.29) is 5.69 Å². The van der Waals surface area contributed by atoms with Crippen molar-refractivity contribution < 1.29 is 4.92 Å². The number of non-ortho nitro benzene ring substituents is 1. The molecule has 2 aromatic heterocycles. The van der Waals surface area contributed by atoms with Gasteiger partial charge < -0.3 is 0 Å². The Morgan fingerprint density at radius 1 is 1.33 bits per heavy atom. The van der Waals surface area contributed by atoms with Gasteiger partial charge in [-0.05, 0) is 12.1 Å². The second-order valence-electron chi connectivity index (χ2n) is 4.07. The molecule has 0 aliphatic carbocycles. The highest BCUT2D eigenvalue weighted by molar-refractivity contribution is 5.81. The first-order valence-electron chi connectivity index (χ1n) is 5.93. The number of hydrogen-bond acceptors (Lipinski definition) is 7. The van der Waals surface area contributed by atoms with Gasteiger partial charge in [-0.15, -0.1) is 15.3 Å². The van der Waals surface area contributed by atoms with Crippen molar-refractivity contribution in [1.29, 1.82) is 0 Å². The number of nitro groups is 1. The van der Waals surface area contributed by atoms with E-state index in [2.05, 4.69) is 25.8 Å². The Kier molecular flexibility index (Phi) is 3.21. The third kappa shape index (κ3) is 2.81. The fourth-order valence-electron chi connectivity index (χ4n) is 1.68. The van der Waals surface area contributed by atoms with E-state index in [0.29, 0.717) is 17.0 Å². The second-order valence-corrected chi connectivity index (χ2v) is 4.07. The molecule has 0 bridgehead atoms. The van der Waals surface area contributed by atoms with E-state index >= 15 is 0 Å². The highest BCUT2D eigenvalue weighted by Gasteiger charge is 2.04. The number of fused-ring (bicyclic) bond motifs is 1. The second kappa shape index (κ2) is 5.33. The smallest absolute Gasteiger partial charge is 0.260 e. The van der Waals surface area contributed by atoms with Crippen molar-refractivity contribution in [3.05, 3.63) is 58.4 Å². The first-order chi connectivity index (χ1) is 10.2. The van der Waals surface area contributed by atoms with Gasteiger partial charge >= 0.3 is 0 Å². The van der Waals surface area contributed by atoms with Crippen LogP contribution in [-0.2, 0) is 0 Å². The number of rotatable bonds is 4. The van der Waals surface area contributed by atoms with Gasteiger partial charge in [-0.1, -0.05) is 12.1 Å². The van der Waals surface area contributed by atoms with Crippen molar-refractivity contribution >= 4 is 23.4 Å². The zero-order valence-electron chi connectivity index (χ0n) is 10.6. The molecule has 2 heterocycles. The van der Waals surface area contributed by atoms with Crippen molar-refractivity contribution in [3.8, 4) is 0 Å². The van der Waals surface area contributed by atoms with E-state index < -0.39 is 4.92 Å². The van der Waals surface area contributed by atoms with Crippen LogP contribution in [0.4, 0.5) is 11.5 Å². The van der Waals surface area contributed by atoms with Crippen molar-refractivity contribution in [2.24, 2.45) is 5.10 Å². The molecule has 3 aromatic rings. The first-order valence-corrected chi connectivity index (χ1v) is 5.93. The van der Waals surface area contributed by atoms with Gasteiger partial charge in [0, 0.05) is 17.7 Å². The molecular weight excluding hydrogens is 274 g/mol. The van der Waals surface area contributed by atoms with Crippen LogP contribution < -0.4 is 5.43 Å². The van der Waals surface area contributed by atoms with Gasteiger partial charge in [0.2, 0.25) is 0 Å². The van der Waals surface area contributed by atoms with E-state index in [4.69, 9.17) is 0 Å². The topological polar surface area (TPSA) is 111 Å². The van der Waals surface area contributed by atoms with Crippen LogP contribution in [0.15, 0.2) is 47.8 Å². The summed E-state index contributed by atoms with van der Waals surface area (Å²) in [5.74, 6) is 0.504. The molecule has 21 heavy (non-hydrogen) atoms. The summed E-state index contributed by atoms with van der Waals surface area (Å²) in [5, 5.41) is 26.4.